The minimum Gasteiger partial charge on any atom is -0.480 e. The quantitative estimate of drug-likeness (QED) is 0.0538. The number of hydrogen-bond donors (Lipinski definition) is 7. The van der Waals surface area contributed by atoms with Crippen molar-refractivity contribution in [1.29, 1.82) is 0 Å². The maximum atomic E-state index is 10.9. The Morgan fingerprint density at radius 2 is 0.868 bits per heavy atom. The number of ether oxygens (including phenoxy) is 2. The molecule has 0 rings (SSSR count). The highest BCUT2D eigenvalue weighted by atomic mass is 36.0. The van der Waals surface area contributed by atoms with Gasteiger partial charge in [0.2, 0.25) is 9.23 Å². The van der Waals surface area contributed by atoms with E-state index in [2.05, 4.69) is 30.8 Å². The van der Waals surface area contributed by atoms with Crippen LogP contribution in [0.3, 0.4) is 0 Å². The standard InChI is InChI=1S/C8H16N2O4S2.C6H12N2O4S2.CH4O.Cl2OS.2ClH/c1-13-7(11)5(9)3-15-16-4-6(10)8(12)14-2;7-3(5(9)10)1-13-14-2-4(8)6(11)12;1-2;1-4(2)3;;/h5-6H,3-4,9-10H2,1-2H3;3-4H,1-2,7-8H2,(H,9,10)(H,11,12);2H,1H3;;2*1H/t5-,6-;3-,4-;;;;/m00..../s1. The van der Waals surface area contributed by atoms with E-state index in [1.807, 2.05) is 0 Å². The van der Waals surface area contributed by atoms with E-state index < -0.39 is 57.3 Å². The second-order valence-electron chi connectivity index (χ2n) is 5.47. The van der Waals surface area contributed by atoms with Gasteiger partial charge in [-0.1, -0.05) is 43.2 Å². The summed E-state index contributed by atoms with van der Waals surface area (Å²) in [5.74, 6) is -1.77. The first kappa shape index (κ1) is 51.2. The Morgan fingerprint density at radius 1 is 0.684 bits per heavy atom. The molecule has 0 saturated carbocycles. The summed E-state index contributed by atoms with van der Waals surface area (Å²) < 4.78 is 18.0. The van der Waals surface area contributed by atoms with Gasteiger partial charge in [0.05, 0.1) is 14.2 Å². The van der Waals surface area contributed by atoms with E-state index in [4.69, 9.17) is 42.5 Å². The van der Waals surface area contributed by atoms with Crippen LogP contribution in [0.15, 0.2) is 0 Å². The van der Waals surface area contributed by atoms with E-state index in [0.29, 0.717) is 11.5 Å². The van der Waals surface area contributed by atoms with Crippen molar-refractivity contribution in [2.24, 2.45) is 22.9 Å². The average Bonchev–Trinajstić information content (AvgIpc) is 2.83. The third-order valence-corrected chi connectivity index (χ3v) is 7.75. The molecular weight excluding hydrogens is 698 g/mol. The molecule has 0 unspecified atom stereocenters. The molecule has 0 bridgehead atoms. The number of aliphatic carboxylic acids is 2. The summed E-state index contributed by atoms with van der Waals surface area (Å²) >= 11 is 0. The highest BCUT2D eigenvalue weighted by molar-refractivity contribution is 8.77. The molecule has 0 aromatic carbocycles. The molecule has 0 spiro atoms. The number of nitrogens with two attached hydrogens (primary N) is 4. The minimum atomic E-state index is -1.67. The van der Waals surface area contributed by atoms with E-state index in [-0.39, 0.29) is 36.3 Å². The Bertz CT molecular complexity index is 603. The first-order valence-corrected chi connectivity index (χ1v) is 16.8. The number of carbonyl (C=O) groups excluding carboxylic acids is 2. The van der Waals surface area contributed by atoms with Crippen LogP contribution in [0.1, 0.15) is 0 Å². The van der Waals surface area contributed by atoms with Gasteiger partial charge in [-0.05, 0) is 0 Å². The molecule has 232 valence electrons. The molecule has 0 radical (unpaired) electrons. The van der Waals surface area contributed by atoms with Gasteiger partial charge in [0.25, 0.3) is 0 Å². The maximum absolute atomic E-state index is 10.9. The van der Waals surface area contributed by atoms with Crippen LogP contribution in [0.5, 0.6) is 0 Å². The number of esters is 2. The lowest BCUT2D eigenvalue weighted by atomic mass is 10.4. The molecule has 0 heterocycles. The summed E-state index contributed by atoms with van der Waals surface area (Å²) in [5.41, 5.74) is 21.4. The molecule has 0 fully saturated rings. The number of hydrogen-bond acceptors (Lipinski definition) is 16. The topological polar surface area (TPSA) is 269 Å². The first-order chi connectivity index (χ1) is 16.7. The second-order valence-corrected chi connectivity index (χ2v) is 13.1. The molecule has 0 amide bonds. The molecule has 0 aromatic heterocycles. The van der Waals surface area contributed by atoms with Crippen LogP contribution >= 0.6 is 89.4 Å². The van der Waals surface area contributed by atoms with E-state index in [9.17, 15) is 19.2 Å². The highest BCUT2D eigenvalue weighted by Gasteiger charge is 2.16. The average molecular weight is 733 g/mol. The third kappa shape index (κ3) is 38.5. The summed E-state index contributed by atoms with van der Waals surface area (Å²) in [4.78, 5) is 42.4. The summed E-state index contributed by atoms with van der Waals surface area (Å²) in [6.45, 7) is 0. The molecule has 38 heavy (non-hydrogen) atoms. The van der Waals surface area contributed by atoms with E-state index >= 15 is 0 Å². The Morgan fingerprint density at radius 3 is 1.03 bits per heavy atom. The van der Waals surface area contributed by atoms with Crippen molar-refractivity contribution in [3.63, 3.8) is 0 Å². The number of rotatable bonds is 14. The van der Waals surface area contributed by atoms with E-state index in [1.54, 1.807) is 0 Å². The van der Waals surface area contributed by atoms with Gasteiger partial charge in [0.15, 0.2) is 0 Å². The molecule has 4 atom stereocenters. The predicted octanol–water partition coefficient (Wildman–Crippen LogP) is 0.0548. The van der Waals surface area contributed by atoms with Crippen LogP contribution < -0.4 is 22.9 Å². The molecule has 14 nitrogen and oxygen atoms in total. The normalized spacial score (nSPS) is 12.4. The number of carbonyl (C=O) groups is 4. The minimum absolute atomic E-state index is 0. The Labute approximate surface area is 260 Å². The number of halogens is 4. The fourth-order valence-corrected chi connectivity index (χ4v) is 5.51. The summed E-state index contributed by atoms with van der Waals surface area (Å²) in [6, 6.07) is -3.16. The first-order valence-electron chi connectivity index (χ1n) is 9.02. The molecule has 23 heteroatoms. The van der Waals surface area contributed by atoms with Crippen LogP contribution in [0, 0.1) is 0 Å². The van der Waals surface area contributed by atoms with Crippen LogP contribution in [-0.2, 0) is 37.9 Å². The fraction of sp³-hybridized carbons (Fsp3) is 0.733. The van der Waals surface area contributed by atoms with Crippen molar-refractivity contribution in [2.75, 3.05) is 44.3 Å². The zero-order chi connectivity index (χ0) is 29.3. The van der Waals surface area contributed by atoms with Crippen molar-refractivity contribution in [2.45, 2.75) is 24.2 Å². The van der Waals surface area contributed by atoms with Crippen LogP contribution in [0.4, 0.5) is 0 Å². The van der Waals surface area contributed by atoms with Gasteiger partial charge in [-0.3, -0.25) is 19.2 Å². The van der Waals surface area contributed by atoms with Crippen LogP contribution in [0.2, 0.25) is 0 Å². The van der Waals surface area contributed by atoms with Gasteiger partial charge in [0, 0.05) is 51.5 Å². The zero-order valence-electron chi connectivity index (χ0n) is 20.3. The van der Waals surface area contributed by atoms with Crippen molar-refractivity contribution in [3.8, 4) is 0 Å². The second kappa shape index (κ2) is 35.4. The number of carboxylic acids is 2. The third-order valence-electron chi connectivity index (χ3n) is 2.80. The highest BCUT2D eigenvalue weighted by Crippen LogP contribution is 2.23. The summed E-state index contributed by atoms with van der Waals surface area (Å²) in [6.07, 6.45) is 0. The number of carboxylic acid groups (broad SMARTS) is 2. The molecule has 0 aliphatic heterocycles. The Balaban J connectivity index is -0.000000107. The summed E-state index contributed by atoms with van der Waals surface area (Å²) in [5, 5.41) is 23.8. The largest absolute Gasteiger partial charge is 0.480 e. The van der Waals surface area contributed by atoms with Crippen molar-refractivity contribution in [3.05, 3.63) is 0 Å². The van der Waals surface area contributed by atoms with Gasteiger partial charge >= 0.3 is 23.9 Å². The molecule has 0 saturated heterocycles. The Hall–Kier alpha value is 0.390. The van der Waals surface area contributed by atoms with Crippen LogP contribution in [0.25, 0.3) is 0 Å². The lowest BCUT2D eigenvalue weighted by molar-refractivity contribution is -0.142. The van der Waals surface area contributed by atoms with Gasteiger partial charge < -0.3 is 47.7 Å². The van der Waals surface area contributed by atoms with E-state index in [1.165, 1.54) is 57.4 Å². The monoisotopic (exact) mass is 730 g/mol. The van der Waals surface area contributed by atoms with Crippen molar-refractivity contribution in [1.82, 2.24) is 0 Å². The lowest BCUT2D eigenvalue weighted by Gasteiger charge is -2.10. The van der Waals surface area contributed by atoms with Crippen LogP contribution in [-0.4, -0.2) is 112 Å². The van der Waals surface area contributed by atoms with E-state index in [0.717, 1.165) is 7.11 Å². The molecule has 11 N–H and O–H groups in total. The fourth-order valence-electron chi connectivity index (χ4n) is 1.07. The SMILES string of the molecule is CO.COC(=O)[C@@H](N)CSSC[C@H](N)C(=O)OC.Cl.Cl.N[C@@H](CSSC[C@H](N)C(=O)O)C(=O)O.O=S(Cl)Cl. The van der Waals surface area contributed by atoms with Gasteiger partial charge in [-0.2, -0.15) is 0 Å². The smallest absolute Gasteiger partial charge is 0.323 e. The molecular formula is C15H34Cl4N4O10S5. The molecule has 0 aromatic rings. The van der Waals surface area contributed by atoms with Gasteiger partial charge in [-0.15, -0.1) is 24.8 Å². The number of aliphatic hydroxyl groups excluding tert-OH is 1. The molecule has 0 aliphatic carbocycles. The van der Waals surface area contributed by atoms with Gasteiger partial charge in [-0.25, -0.2) is 4.21 Å². The lowest BCUT2D eigenvalue weighted by Crippen LogP contribution is -2.34. The Kier molecular flexibility index (Phi) is 47.7. The predicted molar refractivity (Wildman–Crippen MR) is 164 cm³/mol. The van der Waals surface area contributed by atoms with Gasteiger partial charge in [0.1, 0.15) is 24.2 Å². The van der Waals surface area contributed by atoms with Crippen molar-refractivity contribution < 1.29 is 48.2 Å². The molecule has 0 aliphatic rings. The van der Waals surface area contributed by atoms with Crippen molar-refractivity contribution >= 4 is 122 Å². The number of methoxy groups -OCH3 is 2. The maximum Gasteiger partial charge on any atom is 0.323 e. The summed E-state index contributed by atoms with van der Waals surface area (Å²) in [7, 11) is 16.1. The number of aliphatic hydroxyl groups is 1. The zero-order valence-corrected chi connectivity index (χ0v) is 27.5.